The van der Waals surface area contributed by atoms with Crippen LogP contribution >= 0.6 is 11.6 Å². The molecular weight excluding hydrogens is 294 g/mol. The summed E-state index contributed by atoms with van der Waals surface area (Å²) in [5.41, 5.74) is 0.832. The zero-order valence-electron chi connectivity index (χ0n) is 12.2. The third-order valence-corrected chi connectivity index (χ3v) is 3.63. The number of halogens is 1. The van der Waals surface area contributed by atoms with E-state index in [4.69, 9.17) is 25.8 Å². The van der Waals surface area contributed by atoms with Gasteiger partial charge in [-0.3, -0.25) is 0 Å². The molecule has 1 aromatic carbocycles. The van der Waals surface area contributed by atoms with Crippen molar-refractivity contribution >= 4 is 17.3 Å². The minimum atomic E-state index is -0.577. The van der Waals surface area contributed by atoms with Gasteiger partial charge in [-0.25, -0.2) is 0 Å². The maximum atomic E-state index is 9.87. The van der Waals surface area contributed by atoms with E-state index in [1.807, 2.05) is 6.07 Å². The van der Waals surface area contributed by atoms with Crippen LogP contribution in [0, 0.1) is 0 Å². The largest absolute Gasteiger partial charge is 0.495 e. The molecule has 0 aromatic heterocycles. The number of methoxy groups -OCH3 is 1. The molecule has 2 N–H and O–H groups in total. The molecule has 1 aliphatic rings. The highest BCUT2D eigenvalue weighted by Crippen LogP contribution is 2.27. The summed E-state index contributed by atoms with van der Waals surface area (Å²) >= 11 is 6.04. The molecule has 0 bridgehead atoms. The summed E-state index contributed by atoms with van der Waals surface area (Å²) in [5.74, 6) is 0.627. The average molecular weight is 316 g/mol. The van der Waals surface area contributed by atoms with Crippen molar-refractivity contribution in [2.45, 2.75) is 25.0 Å². The van der Waals surface area contributed by atoms with Crippen LogP contribution in [0.1, 0.15) is 12.8 Å². The number of rotatable bonds is 8. The fourth-order valence-electron chi connectivity index (χ4n) is 2.18. The maximum Gasteiger partial charge on any atom is 0.137 e. The zero-order chi connectivity index (χ0) is 15.1. The summed E-state index contributed by atoms with van der Waals surface area (Å²) in [7, 11) is 1.57. The van der Waals surface area contributed by atoms with E-state index in [-0.39, 0.29) is 12.7 Å². The van der Waals surface area contributed by atoms with Crippen molar-refractivity contribution in [1.29, 1.82) is 0 Å². The lowest BCUT2D eigenvalue weighted by molar-refractivity contribution is -0.0137. The Hall–Kier alpha value is -1.01. The summed E-state index contributed by atoms with van der Waals surface area (Å²) in [6.07, 6.45) is 1.74. The molecule has 1 aromatic rings. The van der Waals surface area contributed by atoms with Gasteiger partial charge in [-0.1, -0.05) is 11.6 Å². The topological polar surface area (TPSA) is 60.0 Å². The van der Waals surface area contributed by atoms with Crippen LogP contribution in [0.15, 0.2) is 18.2 Å². The van der Waals surface area contributed by atoms with E-state index < -0.39 is 6.10 Å². The first-order chi connectivity index (χ1) is 10.2. The van der Waals surface area contributed by atoms with Gasteiger partial charge in [0, 0.05) is 18.8 Å². The Bertz CT molecular complexity index is 438. The van der Waals surface area contributed by atoms with E-state index in [1.54, 1.807) is 19.2 Å². The van der Waals surface area contributed by atoms with Gasteiger partial charge < -0.3 is 24.6 Å². The molecule has 0 spiro atoms. The van der Waals surface area contributed by atoms with Gasteiger partial charge in [0.2, 0.25) is 0 Å². The first-order valence-corrected chi connectivity index (χ1v) is 7.51. The second kappa shape index (κ2) is 8.44. The van der Waals surface area contributed by atoms with Crippen LogP contribution in [0.3, 0.4) is 0 Å². The van der Waals surface area contributed by atoms with Gasteiger partial charge in [-0.05, 0) is 31.0 Å². The lowest BCUT2D eigenvalue weighted by Crippen LogP contribution is -2.27. The Morgan fingerprint density at radius 1 is 1.52 bits per heavy atom. The van der Waals surface area contributed by atoms with Crippen LogP contribution in [0.2, 0.25) is 5.02 Å². The first-order valence-electron chi connectivity index (χ1n) is 7.14. The van der Waals surface area contributed by atoms with Crippen LogP contribution < -0.4 is 10.1 Å². The van der Waals surface area contributed by atoms with Crippen molar-refractivity contribution in [2.24, 2.45) is 0 Å². The van der Waals surface area contributed by atoms with Crippen LogP contribution in [-0.2, 0) is 9.47 Å². The highest BCUT2D eigenvalue weighted by molar-refractivity contribution is 6.32. The van der Waals surface area contributed by atoms with Crippen molar-refractivity contribution in [1.82, 2.24) is 0 Å². The van der Waals surface area contributed by atoms with Gasteiger partial charge in [0.25, 0.3) is 0 Å². The SMILES string of the molecule is COc1ccc(NCC(O)COCC2CCCO2)cc1Cl. The van der Waals surface area contributed by atoms with Crippen molar-refractivity contribution in [3.05, 3.63) is 23.2 Å². The monoisotopic (exact) mass is 315 g/mol. The number of anilines is 1. The molecule has 2 unspecified atom stereocenters. The van der Waals surface area contributed by atoms with Gasteiger partial charge in [0.15, 0.2) is 0 Å². The second-order valence-electron chi connectivity index (χ2n) is 5.06. The second-order valence-corrected chi connectivity index (χ2v) is 5.46. The molecule has 6 heteroatoms. The number of ether oxygens (including phenoxy) is 3. The molecule has 0 saturated carbocycles. The third-order valence-electron chi connectivity index (χ3n) is 3.33. The fourth-order valence-corrected chi connectivity index (χ4v) is 2.44. The molecule has 118 valence electrons. The molecule has 1 fully saturated rings. The lowest BCUT2D eigenvalue weighted by atomic mass is 10.2. The van der Waals surface area contributed by atoms with E-state index in [0.717, 1.165) is 25.1 Å². The number of hydrogen-bond acceptors (Lipinski definition) is 5. The summed E-state index contributed by atoms with van der Waals surface area (Å²) in [5, 5.41) is 13.5. The smallest absolute Gasteiger partial charge is 0.137 e. The molecule has 2 rings (SSSR count). The van der Waals surface area contributed by atoms with Gasteiger partial charge >= 0.3 is 0 Å². The van der Waals surface area contributed by atoms with Crippen molar-refractivity contribution in [3.8, 4) is 5.75 Å². The van der Waals surface area contributed by atoms with E-state index in [9.17, 15) is 5.11 Å². The standard InChI is InChI=1S/C15H22ClNO4/c1-19-15-5-4-11(7-14(15)16)17-8-12(18)9-20-10-13-3-2-6-21-13/h4-5,7,12-13,17-18H,2-3,6,8-10H2,1H3. The molecule has 0 radical (unpaired) electrons. The minimum Gasteiger partial charge on any atom is -0.495 e. The number of hydrogen-bond donors (Lipinski definition) is 2. The molecule has 1 heterocycles. The number of aliphatic hydroxyl groups is 1. The third kappa shape index (κ3) is 5.36. The van der Waals surface area contributed by atoms with E-state index in [1.165, 1.54) is 0 Å². The Kier molecular flexibility index (Phi) is 6.57. The van der Waals surface area contributed by atoms with Crippen molar-refractivity contribution in [2.75, 3.05) is 38.8 Å². The molecule has 5 nitrogen and oxygen atoms in total. The molecule has 1 aliphatic heterocycles. The molecule has 21 heavy (non-hydrogen) atoms. The van der Waals surface area contributed by atoms with Crippen molar-refractivity contribution < 1.29 is 19.3 Å². The van der Waals surface area contributed by atoms with Gasteiger partial charge in [0.05, 0.1) is 37.6 Å². The predicted octanol–water partition coefficient (Wildman–Crippen LogP) is 2.32. The fraction of sp³-hybridized carbons (Fsp3) is 0.600. The maximum absolute atomic E-state index is 9.87. The van der Waals surface area contributed by atoms with Crippen LogP contribution in [0.4, 0.5) is 5.69 Å². The minimum absolute atomic E-state index is 0.186. The highest BCUT2D eigenvalue weighted by Gasteiger charge is 2.16. The van der Waals surface area contributed by atoms with Crippen LogP contribution in [0.5, 0.6) is 5.75 Å². The Balaban J connectivity index is 1.65. The summed E-state index contributed by atoms with van der Waals surface area (Å²) in [6.45, 7) is 2.05. The molecular formula is C15H22ClNO4. The molecule has 0 amide bonds. The quantitative estimate of drug-likeness (QED) is 0.771. The van der Waals surface area contributed by atoms with Crippen LogP contribution in [0.25, 0.3) is 0 Å². The molecule has 1 saturated heterocycles. The Labute approximate surface area is 130 Å². The van der Waals surface area contributed by atoms with Crippen molar-refractivity contribution in [3.63, 3.8) is 0 Å². The van der Waals surface area contributed by atoms with Gasteiger partial charge in [-0.15, -0.1) is 0 Å². The number of nitrogens with one attached hydrogen (secondary N) is 1. The number of aliphatic hydroxyl groups excluding tert-OH is 1. The van der Waals surface area contributed by atoms with Gasteiger partial charge in [0.1, 0.15) is 5.75 Å². The highest BCUT2D eigenvalue weighted by atomic mass is 35.5. The normalized spacial score (nSPS) is 19.5. The lowest BCUT2D eigenvalue weighted by Gasteiger charge is -2.15. The molecule has 2 atom stereocenters. The Morgan fingerprint density at radius 3 is 3.05 bits per heavy atom. The van der Waals surface area contributed by atoms with E-state index in [2.05, 4.69) is 5.32 Å². The average Bonchev–Trinajstić information content (AvgIpc) is 2.98. The summed E-state index contributed by atoms with van der Waals surface area (Å²) < 4.78 is 16.0. The van der Waals surface area contributed by atoms with E-state index in [0.29, 0.717) is 23.9 Å². The van der Waals surface area contributed by atoms with Gasteiger partial charge in [-0.2, -0.15) is 0 Å². The van der Waals surface area contributed by atoms with Crippen LogP contribution in [-0.4, -0.2) is 50.8 Å². The summed E-state index contributed by atoms with van der Waals surface area (Å²) in [6, 6.07) is 5.40. The predicted molar refractivity (Wildman–Crippen MR) is 82.3 cm³/mol. The summed E-state index contributed by atoms with van der Waals surface area (Å²) in [4.78, 5) is 0. The number of benzene rings is 1. The molecule has 0 aliphatic carbocycles. The Morgan fingerprint density at radius 2 is 2.38 bits per heavy atom. The first kappa shape index (κ1) is 16.4. The zero-order valence-corrected chi connectivity index (χ0v) is 12.9. The van der Waals surface area contributed by atoms with E-state index >= 15 is 0 Å².